The van der Waals surface area contributed by atoms with Crippen molar-refractivity contribution in [2.75, 3.05) is 11.5 Å². The zero-order valence-electron chi connectivity index (χ0n) is 8.43. The fraction of sp³-hybridized carbons (Fsp3) is 0.400. The van der Waals surface area contributed by atoms with E-state index in [0.29, 0.717) is 11.3 Å². The van der Waals surface area contributed by atoms with Gasteiger partial charge in [0.1, 0.15) is 5.82 Å². The molecule has 0 amide bonds. The van der Waals surface area contributed by atoms with Gasteiger partial charge in [-0.05, 0) is 30.7 Å². The molecule has 1 heterocycles. The summed E-state index contributed by atoms with van der Waals surface area (Å²) < 4.78 is 47.1. The Bertz CT molecular complexity index is 507. The minimum atomic E-state index is -3.02. The molecule has 2 rings (SSSR count). The fourth-order valence-electron chi connectivity index (χ4n) is 1.69. The van der Waals surface area contributed by atoms with Crippen molar-refractivity contribution in [1.82, 2.24) is 0 Å². The summed E-state index contributed by atoms with van der Waals surface area (Å²) in [5.41, 5.74) is 0. The summed E-state index contributed by atoms with van der Waals surface area (Å²) in [6, 6.07) is 5.35. The van der Waals surface area contributed by atoms with Gasteiger partial charge in [-0.15, -0.1) is 0 Å². The molecule has 1 aliphatic heterocycles. The molecule has 1 aromatic carbocycles. The second kappa shape index (κ2) is 4.25. The van der Waals surface area contributed by atoms with Crippen LogP contribution in [0.25, 0.3) is 0 Å². The predicted octanol–water partition coefficient (Wildman–Crippen LogP) is 1.12. The SMILES string of the molecule is O=S(c1ccc(F)cc1)C1CCS(=O)(=O)C1. The summed E-state index contributed by atoms with van der Waals surface area (Å²) in [4.78, 5) is 0.489. The Hall–Kier alpha value is -0.750. The summed E-state index contributed by atoms with van der Waals surface area (Å²) in [6.45, 7) is 0. The molecule has 1 aromatic rings. The van der Waals surface area contributed by atoms with Crippen LogP contribution in [0, 0.1) is 5.82 Å². The van der Waals surface area contributed by atoms with Gasteiger partial charge in [0.25, 0.3) is 0 Å². The fourth-order valence-corrected chi connectivity index (χ4v) is 5.62. The number of hydrogen-bond acceptors (Lipinski definition) is 3. The third-order valence-electron chi connectivity index (χ3n) is 2.54. The van der Waals surface area contributed by atoms with E-state index in [0.717, 1.165) is 0 Å². The Morgan fingerprint density at radius 1 is 1.25 bits per heavy atom. The second-order valence-corrected chi connectivity index (χ2v) is 7.74. The normalized spacial score (nSPS) is 25.4. The number of benzene rings is 1. The predicted molar refractivity (Wildman–Crippen MR) is 59.9 cm³/mol. The summed E-state index contributed by atoms with van der Waals surface area (Å²) in [7, 11) is -4.38. The van der Waals surface area contributed by atoms with Crippen molar-refractivity contribution < 1.29 is 17.0 Å². The summed E-state index contributed by atoms with van der Waals surface area (Å²) >= 11 is 0. The van der Waals surface area contributed by atoms with Crippen LogP contribution in [0.2, 0.25) is 0 Å². The molecule has 1 fully saturated rings. The molecule has 1 aliphatic rings. The van der Waals surface area contributed by atoms with Crippen molar-refractivity contribution in [3.8, 4) is 0 Å². The molecular formula is C10H11FO3S2. The Kier molecular flexibility index (Phi) is 3.12. The van der Waals surface area contributed by atoms with Gasteiger partial charge in [0.2, 0.25) is 0 Å². The standard InChI is InChI=1S/C10H11FO3S2/c11-8-1-3-9(4-2-8)15(12)10-5-6-16(13,14)7-10/h1-4,10H,5-7H2. The van der Waals surface area contributed by atoms with Gasteiger partial charge >= 0.3 is 0 Å². The largest absolute Gasteiger partial charge is 0.254 e. The highest BCUT2D eigenvalue weighted by Crippen LogP contribution is 2.22. The van der Waals surface area contributed by atoms with E-state index in [4.69, 9.17) is 0 Å². The quantitative estimate of drug-likeness (QED) is 0.802. The molecule has 3 nitrogen and oxygen atoms in total. The second-order valence-electron chi connectivity index (χ2n) is 3.78. The van der Waals surface area contributed by atoms with Gasteiger partial charge in [-0.25, -0.2) is 12.8 Å². The van der Waals surface area contributed by atoms with Crippen LogP contribution in [0.15, 0.2) is 29.2 Å². The van der Waals surface area contributed by atoms with Gasteiger partial charge < -0.3 is 0 Å². The zero-order chi connectivity index (χ0) is 11.8. The Morgan fingerprint density at radius 2 is 1.88 bits per heavy atom. The molecule has 2 unspecified atom stereocenters. The van der Waals surface area contributed by atoms with E-state index in [1.54, 1.807) is 0 Å². The summed E-state index contributed by atoms with van der Waals surface area (Å²) in [6.07, 6.45) is 0.423. The van der Waals surface area contributed by atoms with E-state index >= 15 is 0 Å². The molecule has 0 saturated carbocycles. The minimum Gasteiger partial charge on any atom is -0.254 e. The molecule has 2 atom stereocenters. The number of halogens is 1. The van der Waals surface area contributed by atoms with Gasteiger partial charge in [0.05, 0.1) is 27.6 Å². The van der Waals surface area contributed by atoms with Crippen LogP contribution in [-0.4, -0.2) is 29.4 Å². The average molecular weight is 262 g/mol. The lowest BCUT2D eigenvalue weighted by Gasteiger charge is -2.07. The third-order valence-corrected chi connectivity index (χ3v) is 6.26. The van der Waals surface area contributed by atoms with Crippen molar-refractivity contribution in [3.63, 3.8) is 0 Å². The first-order valence-corrected chi connectivity index (χ1v) is 7.88. The van der Waals surface area contributed by atoms with Crippen LogP contribution in [-0.2, 0) is 20.6 Å². The van der Waals surface area contributed by atoms with E-state index in [-0.39, 0.29) is 22.6 Å². The first-order valence-electron chi connectivity index (χ1n) is 4.84. The van der Waals surface area contributed by atoms with E-state index in [9.17, 15) is 17.0 Å². The first-order chi connectivity index (χ1) is 7.48. The van der Waals surface area contributed by atoms with Gasteiger partial charge in [-0.3, -0.25) is 4.21 Å². The van der Waals surface area contributed by atoms with Crippen molar-refractivity contribution in [1.29, 1.82) is 0 Å². The van der Waals surface area contributed by atoms with Gasteiger partial charge in [0, 0.05) is 4.90 Å². The summed E-state index contributed by atoms with van der Waals surface area (Å²) in [5, 5.41) is -0.351. The molecular weight excluding hydrogens is 251 g/mol. The number of rotatable bonds is 2. The topological polar surface area (TPSA) is 51.2 Å². The highest BCUT2D eigenvalue weighted by molar-refractivity contribution is 7.94. The molecule has 0 aromatic heterocycles. The van der Waals surface area contributed by atoms with E-state index in [1.807, 2.05) is 0 Å². The average Bonchev–Trinajstić information content (AvgIpc) is 2.59. The van der Waals surface area contributed by atoms with Crippen molar-refractivity contribution >= 4 is 20.6 Å². The lowest BCUT2D eigenvalue weighted by molar-refractivity contribution is 0.602. The lowest BCUT2D eigenvalue weighted by atomic mass is 10.3. The maximum atomic E-state index is 12.7. The smallest absolute Gasteiger partial charge is 0.151 e. The molecule has 16 heavy (non-hydrogen) atoms. The van der Waals surface area contributed by atoms with Crippen LogP contribution < -0.4 is 0 Å². The monoisotopic (exact) mass is 262 g/mol. The van der Waals surface area contributed by atoms with Crippen molar-refractivity contribution in [3.05, 3.63) is 30.1 Å². The van der Waals surface area contributed by atoms with Crippen LogP contribution in [0.4, 0.5) is 4.39 Å². The molecule has 1 saturated heterocycles. The Morgan fingerprint density at radius 3 is 2.38 bits per heavy atom. The van der Waals surface area contributed by atoms with Crippen molar-refractivity contribution in [2.45, 2.75) is 16.6 Å². The molecule has 0 spiro atoms. The van der Waals surface area contributed by atoms with Crippen LogP contribution >= 0.6 is 0 Å². The van der Waals surface area contributed by atoms with Gasteiger partial charge in [-0.2, -0.15) is 0 Å². The minimum absolute atomic E-state index is 0.0308. The number of hydrogen-bond donors (Lipinski definition) is 0. The Balaban J connectivity index is 2.18. The highest BCUT2D eigenvalue weighted by Gasteiger charge is 2.32. The molecule has 0 aliphatic carbocycles. The third kappa shape index (κ3) is 2.49. The molecule has 0 radical (unpaired) electrons. The maximum Gasteiger partial charge on any atom is 0.151 e. The summed E-state index contributed by atoms with van der Waals surface area (Å²) in [5.74, 6) is -0.318. The maximum absolute atomic E-state index is 12.7. The van der Waals surface area contributed by atoms with Crippen LogP contribution in [0.3, 0.4) is 0 Å². The zero-order valence-corrected chi connectivity index (χ0v) is 10.1. The molecule has 6 heteroatoms. The first kappa shape index (κ1) is 11.7. The Labute approximate surface area is 96.1 Å². The van der Waals surface area contributed by atoms with Crippen LogP contribution in [0.1, 0.15) is 6.42 Å². The molecule has 88 valence electrons. The van der Waals surface area contributed by atoms with Crippen LogP contribution in [0.5, 0.6) is 0 Å². The molecule has 0 N–H and O–H groups in total. The van der Waals surface area contributed by atoms with E-state index in [1.165, 1.54) is 24.3 Å². The van der Waals surface area contributed by atoms with E-state index < -0.39 is 20.6 Å². The number of sulfone groups is 1. The van der Waals surface area contributed by atoms with Crippen molar-refractivity contribution in [2.24, 2.45) is 0 Å². The lowest BCUT2D eigenvalue weighted by Crippen LogP contribution is -2.16. The van der Waals surface area contributed by atoms with Gasteiger partial charge in [-0.1, -0.05) is 0 Å². The van der Waals surface area contributed by atoms with Gasteiger partial charge in [0.15, 0.2) is 9.84 Å². The molecule has 0 bridgehead atoms. The van der Waals surface area contributed by atoms with E-state index in [2.05, 4.69) is 0 Å². The highest BCUT2D eigenvalue weighted by atomic mass is 32.2.